The maximum Gasteiger partial charge on any atom is 0.329 e. The highest BCUT2D eigenvalue weighted by molar-refractivity contribution is 5.78. The average Bonchev–Trinajstić information content (AvgIpc) is 2.58. The Morgan fingerprint density at radius 1 is 1.08 bits per heavy atom. The topological polar surface area (TPSA) is 84.0 Å². The lowest BCUT2D eigenvalue weighted by atomic mass is 10.1. The maximum absolute atomic E-state index is 12.4. The minimum Gasteiger partial charge on any atom is -0.350 e. The van der Waals surface area contributed by atoms with Crippen molar-refractivity contribution in [3.63, 3.8) is 0 Å². The summed E-state index contributed by atoms with van der Waals surface area (Å²) in [7, 11) is 0. The summed E-state index contributed by atoms with van der Waals surface area (Å²) in [5.41, 5.74) is 1.49. The monoisotopic (exact) mass is 323 g/mol. The second-order valence-corrected chi connectivity index (χ2v) is 5.63. The molecule has 0 bridgehead atoms. The molecule has 122 valence electrons. The lowest BCUT2D eigenvalue weighted by molar-refractivity contribution is -0.121. The highest BCUT2D eigenvalue weighted by Crippen LogP contribution is 2.03. The van der Waals surface area contributed by atoms with Gasteiger partial charge >= 0.3 is 5.69 Å². The molecular formula is C18H17N3O3. The normalized spacial score (nSPS) is 10.7. The van der Waals surface area contributed by atoms with E-state index in [9.17, 15) is 14.4 Å². The Kier molecular flexibility index (Phi) is 4.29. The number of aromatic amines is 1. The van der Waals surface area contributed by atoms with Crippen molar-refractivity contribution >= 4 is 16.8 Å². The van der Waals surface area contributed by atoms with Gasteiger partial charge in [0, 0.05) is 6.54 Å². The Morgan fingerprint density at radius 3 is 2.54 bits per heavy atom. The molecule has 1 aromatic heterocycles. The van der Waals surface area contributed by atoms with Gasteiger partial charge in [-0.05, 0) is 24.6 Å². The molecule has 0 aliphatic carbocycles. The van der Waals surface area contributed by atoms with Crippen LogP contribution >= 0.6 is 0 Å². The lowest BCUT2D eigenvalue weighted by Crippen LogP contribution is -2.40. The number of amides is 1. The number of aromatic nitrogens is 2. The van der Waals surface area contributed by atoms with Crippen molar-refractivity contribution in [3.8, 4) is 0 Å². The van der Waals surface area contributed by atoms with E-state index in [0.717, 1.165) is 15.7 Å². The SMILES string of the molecule is Cc1ccc(CNC(=O)Cn2c(=O)[nH]c3ccccc3c2=O)cc1. The quantitative estimate of drug-likeness (QED) is 0.759. The molecule has 6 nitrogen and oxygen atoms in total. The first kappa shape index (κ1) is 15.7. The zero-order valence-corrected chi connectivity index (χ0v) is 13.2. The molecule has 2 N–H and O–H groups in total. The highest BCUT2D eigenvalue weighted by Gasteiger charge is 2.10. The summed E-state index contributed by atoms with van der Waals surface area (Å²) < 4.78 is 0.910. The van der Waals surface area contributed by atoms with Crippen molar-refractivity contribution in [2.75, 3.05) is 0 Å². The first-order valence-electron chi connectivity index (χ1n) is 7.59. The molecular weight excluding hydrogens is 306 g/mol. The van der Waals surface area contributed by atoms with E-state index in [0.29, 0.717) is 17.4 Å². The summed E-state index contributed by atoms with van der Waals surface area (Å²) in [6.45, 7) is 2.02. The third-order valence-corrected chi connectivity index (χ3v) is 3.80. The zero-order valence-electron chi connectivity index (χ0n) is 13.2. The first-order valence-corrected chi connectivity index (χ1v) is 7.59. The van der Waals surface area contributed by atoms with Gasteiger partial charge in [0.15, 0.2) is 0 Å². The van der Waals surface area contributed by atoms with Crippen LogP contribution in [0.5, 0.6) is 0 Å². The van der Waals surface area contributed by atoms with Crippen LogP contribution in [-0.4, -0.2) is 15.5 Å². The van der Waals surface area contributed by atoms with Crippen LogP contribution in [0, 0.1) is 6.92 Å². The first-order chi connectivity index (χ1) is 11.5. The number of para-hydroxylation sites is 1. The van der Waals surface area contributed by atoms with Crippen molar-refractivity contribution in [3.05, 3.63) is 80.5 Å². The number of hydrogen-bond donors (Lipinski definition) is 2. The number of fused-ring (bicyclic) bond motifs is 1. The van der Waals surface area contributed by atoms with Gasteiger partial charge in [0.2, 0.25) is 5.91 Å². The third kappa shape index (κ3) is 3.27. The van der Waals surface area contributed by atoms with Crippen LogP contribution < -0.4 is 16.6 Å². The van der Waals surface area contributed by atoms with E-state index in [1.807, 2.05) is 31.2 Å². The number of hydrogen-bond acceptors (Lipinski definition) is 3. The second-order valence-electron chi connectivity index (χ2n) is 5.63. The van der Waals surface area contributed by atoms with E-state index in [1.54, 1.807) is 24.3 Å². The van der Waals surface area contributed by atoms with Gasteiger partial charge in [-0.1, -0.05) is 42.0 Å². The molecule has 0 spiro atoms. The molecule has 0 saturated heterocycles. The van der Waals surface area contributed by atoms with E-state index < -0.39 is 17.2 Å². The minimum atomic E-state index is -0.593. The number of carbonyl (C=O) groups excluding carboxylic acids is 1. The van der Waals surface area contributed by atoms with Gasteiger partial charge in [0.25, 0.3) is 5.56 Å². The lowest BCUT2D eigenvalue weighted by Gasteiger charge is -2.08. The Hall–Kier alpha value is -3.15. The fourth-order valence-electron chi connectivity index (χ4n) is 2.45. The van der Waals surface area contributed by atoms with Gasteiger partial charge in [-0.3, -0.25) is 14.2 Å². The smallest absolute Gasteiger partial charge is 0.329 e. The number of aryl methyl sites for hydroxylation is 1. The fourth-order valence-corrected chi connectivity index (χ4v) is 2.45. The van der Waals surface area contributed by atoms with Crippen molar-refractivity contribution in [1.29, 1.82) is 0 Å². The number of nitrogens with one attached hydrogen (secondary N) is 2. The number of nitrogens with zero attached hydrogens (tertiary/aromatic N) is 1. The fraction of sp³-hybridized carbons (Fsp3) is 0.167. The summed E-state index contributed by atoms with van der Waals surface area (Å²) in [6.07, 6.45) is 0. The largest absolute Gasteiger partial charge is 0.350 e. The van der Waals surface area contributed by atoms with Gasteiger partial charge in [-0.15, -0.1) is 0 Å². The summed E-state index contributed by atoms with van der Waals surface area (Å²) in [5, 5.41) is 3.10. The predicted molar refractivity (Wildman–Crippen MR) is 91.9 cm³/mol. The Bertz CT molecular complexity index is 1000. The number of benzene rings is 2. The van der Waals surface area contributed by atoms with Crippen LogP contribution in [0.3, 0.4) is 0 Å². The molecule has 0 atom stereocenters. The second kappa shape index (κ2) is 6.54. The average molecular weight is 323 g/mol. The molecule has 0 aliphatic rings. The number of carbonyl (C=O) groups is 1. The summed E-state index contributed by atoms with van der Waals surface area (Å²) in [6, 6.07) is 14.5. The van der Waals surface area contributed by atoms with E-state index in [2.05, 4.69) is 10.3 Å². The van der Waals surface area contributed by atoms with Gasteiger partial charge in [-0.2, -0.15) is 0 Å². The summed E-state index contributed by atoms with van der Waals surface area (Å²) in [4.78, 5) is 39.1. The summed E-state index contributed by atoms with van der Waals surface area (Å²) >= 11 is 0. The van der Waals surface area contributed by atoms with Crippen LogP contribution in [0.25, 0.3) is 10.9 Å². The Morgan fingerprint density at radius 2 is 1.79 bits per heavy atom. The molecule has 3 aromatic rings. The predicted octanol–water partition coefficient (Wildman–Crippen LogP) is 1.31. The van der Waals surface area contributed by atoms with Crippen molar-refractivity contribution in [2.24, 2.45) is 0 Å². The van der Waals surface area contributed by atoms with Gasteiger partial charge in [-0.25, -0.2) is 4.79 Å². The number of rotatable bonds is 4. The van der Waals surface area contributed by atoms with Crippen molar-refractivity contribution in [2.45, 2.75) is 20.0 Å². The van der Waals surface area contributed by atoms with E-state index in [-0.39, 0.29) is 6.54 Å². The van der Waals surface area contributed by atoms with Crippen LogP contribution in [0.1, 0.15) is 11.1 Å². The summed E-state index contributed by atoms with van der Waals surface area (Å²) in [5.74, 6) is -0.390. The molecule has 6 heteroatoms. The molecule has 0 unspecified atom stereocenters. The molecule has 0 aliphatic heterocycles. The highest BCUT2D eigenvalue weighted by atomic mass is 16.2. The van der Waals surface area contributed by atoms with Gasteiger partial charge in [0.05, 0.1) is 10.9 Å². The molecule has 2 aromatic carbocycles. The molecule has 24 heavy (non-hydrogen) atoms. The van der Waals surface area contributed by atoms with E-state index in [4.69, 9.17) is 0 Å². The molecule has 0 fully saturated rings. The van der Waals surface area contributed by atoms with Crippen LogP contribution in [0.4, 0.5) is 0 Å². The molecule has 3 rings (SSSR count). The van der Waals surface area contributed by atoms with Crippen LogP contribution in [0.15, 0.2) is 58.1 Å². The molecule has 1 amide bonds. The standard InChI is InChI=1S/C18H17N3O3/c1-12-6-8-13(9-7-12)10-19-16(22)11-21-17(23)14-4-2-3-5-15(14)20-18(21)24/h2-9H,10-11H2,1H3,(H,19,22)(H,20,24). The Labute approximate surface area is 137 Å². The molecule has 1 heterocycles. The molecule has 0 saturated carbocycles. The van der Waals surface area contributed by atoms with E-state index in [1.165, 1.54) is 0 Å². The van der Waals surface area contributed by atoms with Gasteiger partial charge in [0.1, 0.15) is 6.54 Å². The number of H-pyrrole nitrogens is 1. The maximum atomic E-state index is 12.4. The van der Waals surface area contributed by atoms with Crippen molar-refractivity contribution in [1.82, 2.24) is 14.9 Å². The Balaban J connectivity index is 1.77. The zero-order chi connectivity index (χ0) is 17.1. The van der Waals surface area contributed by atoms with E-state index >= 15 is 0 Å². The third-order valence-electron chi connectivity index (χ3n) is 3.80. The van der Waals surface area contributed by atoms with Crippen LogP contribution in [0.2, 0.25) is 0 Å². The van der Waals surface area contributed by atoms with Crippen molar-refractivity contribution < 1.29 is 4.79 Å². The van der Waals surface area contributed by atoms with Gasteiger partial charge < -0.3 is 10.3 Å². The minimum absolute atomic E-state index is 0.315. The molecule has 0 radical (unpaired) electrons. The van der Waals surface area contributed by atoms with Crippen LogP contribution in [-0.2, 0) is 17.9 Å².